The maximum atomic E-state index is 9.98. The van der Waals surface area contributed by atoms with Crippen LogP contribution in [0.5, 0.6) is 0 Å². The van der Waals surface area contributed by atoms with Crippen molar-refractivity contribution in [2.75, 3.05) is 19.5 Å². The van der Waals surface area contributed by atoms with Gasteiger partial charge in [-0.1, -0.05) is 0 Å². The van der Waals surface area contributed by atoms with Gasteiger partial charge in [0.05, 0.1) is 22.4 Å². The van der Waals surface area contributed by atoms with E-state index in [9.17, 15) is 8.42 Å². The van der Waals surface area contributed by atoms with Crippen molar-refractivity contribution in [3.8, 4) is 0 Å². The number of hydrogen-bond donors (Lipinski definition) is 0. The Morgan fingerprint density at radius 3 is 2.11 bits per heavy atom. The fourth-order valence-electron chi connectivity index (χ4n) is 0.193. The van der Waals surface area contributed by atoms with Crippen LogP contribution in [0, 0.1) is 0 Å². The Labute approximate surface area is 65.0 Å². The molecule has 59 valence electrons. The Kier molecular flexibility index (Phi) is 6.96. The van der Waals surface area contributed by atoms with Crippen molar-refractivity contribution in [3.63, 3.8) is 0 Å². The molecule has 0 saturated heterocycles. The molecule has 0 spiro atoms. The van der Waals surface area contributed by atoms with Crippen LogP contribution in [-0.2, 0) is 31.5 Å². The molecule has 0 fully saturated rings. The normalized spacial score (nSPS) is 10.4. The molecule has 0 amide bonds. The second-order valence-corrected chi connectivity index (χ2v) is 2.95. The summed E-state index contributed by atoms with van der Waals surface area (Å²) in [5.41, 5.74) is 0. The van der Waals surface area contributed by atoms with Crippen molar-refractivity contribution in [1.29, 1.82) is 0 Å². The van der Waals surface area contributed by atoms with Crippen LogP contribution in [0.25, 0.3) is 5.14 Å². The molecule has 0 rings (SSSR count). The van der Waals surface area contributed by atoms with Gasteiger partial charge in [0.1, 0.15) is 0 Å². The van der Waals surface area contributed by atoms with Crippen molar-refractivity contribution in [1.82, 2.24) is 0 Å². The first-order valence-electron chi connectivity index (χ1n) is 2.02. The molecule has 9 heavy (non-hydrogen) atoms. The van der Waals surface area contributed by atoms with E-state index in [4.69, 9.17) is 5.14 Å². The van der Waals surface area contributed by atoms with Crippen molar-refractivity contribution in [2.45, 2.75) is 0 Å². The van der Waals surface area contributed by atoms with Crippen molar-refractivity contribution < 1.29 is 29.9 Å². The molecule has 4 nitrogen and oxygen atoms in total. The number of methoxy groups -OCH3 is 1. The largest absolute Gasteiger partial charge is 0.564 e. The molecule has 0 bridgehead atoms. The minimum atomic E-state index is -3.56. The second kappa shape index (κ2) is 5.18. The van der Waals surface area contributed by atoms with Crippen molar-refractivity contribution >= 4 is 10.0 Å². The van der Waals surface area contributed by atoms with Gasteiger partial charge in [-0.15, -0.1) is 0 Å². The first-order chi connectivity index (χ1) is 3.56. The van der Waals surface area contributed by atoms with E-state index in [2.05, 4.69) is 4.74 Å². The minimum Gasteiger partial charge on any atom is -0.564 e. The smallest absolute Gasteiger partial charge is 0.0722 e. The molecule has 0 unspecified atom stereocenters. The van der Waals surface area contributed by atoms with Crippen molar-refractivity contribution in [2.24, 2.45) is 0 Å². The van der Waals surface area contributed by atoms with E-state index in [1.54, 1.807) is 0 Å². The standard InChI is InChI=1S/C3H8NO3S.Co/c1-7-2-3-8(4,5)6;/h2-3H2,1H3,(H-,4,5,6);/q-1;. The molecule has 0 aromatic carbocycles. The van der Waals surface area contributed by atoms with Gasteiger partial charge in [0.25, 0.3) is 0 Å². The van der Waals surface area contributed by atoms with Gasteiger partial charge in [0, 0.05) is 23.9 Å². The zero-order valence-corrected chi connectivity index (χ0v) is 6.74. The number of nitrogens with one attached hydrogen (secondary N) is 1. The maximum absolute atomic E-state index is 9.98. The quantitative estimate of drug-likeness (QED) is 0.640. The number of rotatable bonds is 3. The number of hydrogen-bond acceptors (Lipinski definition) is 3. The second-order valence-electron chi connectivity index (χ2n) is 1.31. The maximum Gasteiger partial charge on any atom is 0.0722 e. The molecular weight excluding hydrogens is 189 g/mol. The summed E-state index contributed by atoms with van der Waals surface area (Å²) in [5.74, 6) is -0.219. The summed E-state index contributed by atoms with van der Waals surface area (Å²) >= 11 is 0. The summed E-state index contributed by atoms with van der Waals surface area (Å²) < 4.78 is 24.4. The van der Waals surface area contributed by atoms with Crippen LogP contribution < -0.4 is 0 Å². The molecule has 0 aromatic rings. The molecule has 0 saturated carbocycles. The van der Waals surface area contributed by atoms with E-state index >= 15 is 0 Å². The minimum absolute atomic E-state index is 0. The van der Waals surface area contributed by atoms with Gasteiger partial charge in [0.15, 0.2) is 0 Å². The van der Waals surface area contributed by atoms with Gasteiger partial charge in [-0.3, -0.25) is 0 Å². The summed E-state index contributed by atoms with van der Waals surface area (Å²) in [5, 5.41) is 6.33. The van der Waals surface area contributed by atoms with Gasteiger partial charge in [-0.25, -0.2) is 8.42 Å². The molecule has 0 aliphatic rings. The predicted molar refractivity (Wildman–Crippen MR) is 30.0 cm³/mol. The Morgan fingerprint density at radius 1 is 1.56 bits per heavy atom. The van der Waals surface area contributed by atoms with Gasteiger partial charge in [-0.05, 0) is 0 Å². The molecule has 1 radical (unpaired) electrons. The first-order valence-corrected chi connectivity index (χ1v) is 3.68. The molecule has 6 heteroatoms. The molecule has 1 N–H and O–H groups in total. The van der Waals surface area contributed by atoms with Gasteiger partial charge < -0.3 is 9.88 Å². The van der Waals surface area contributed by atoms with Crippen LogP contribution in [0.4, 0.5) is 0 Å². The topological polar surface area (TPSA) is 67.2 Å². The average molecular weight is 197 g/mol. The Bertz CT molecular complexity index is 143. The Hall–Kier alpha value is 0.376. The third-order valence-electron chi connectivity index (χ3n) is 0.556. The van der Waals surface area contributed by atoms with Crippen LogP contribution in [-0.4, -0.2) is 27.9 Å². The van der Waals surface area contributed by atoms with Crippen LogP contribution in [0.1, 0.15) is 0 Å². The molecule has 0 aromatic heterocycles. The van der Waals surface area contributed by atoms with Gasteiger partial charge in [0.2, 0.25) is 0 Å². The van der Waals surface area contributed by atoms with Crippen LogP contribution in [0.15, 0.2) is 0 Å². The molecular formula is C3H8CoNO3S-. The summed E-state index contributed by atoms with van der Waals surface area (Å²) in [7, 11) is -2.17. The molecule has 0 aliphatic carbocycles. The summed E-state index contributed by atoms with van der Waals surface area (Å²) in [6.45, 7) is 0.103. The number of ether oxygens (including phenoxy) is 1. The third-order valence-corrected chi connectivity index (χ3v) is 1.26. The van der Waals surface area contributed by atoms with Crippen molar-refractivity contribution in [3.05, 3.63) is 5.14 Å². The van der Waals surface area contributed by atoms with Crippen LogP contribution >= 0.6 is 0 Å². The van der Waals surface area contributed by atoms with E-state index in [1.165, 1.54) is 7.11 Å². The third kappa shape index (κ3) is 11.8. The SMILES string of the molecule is COCCS([NH-])(=O)=O.[Co]. The van der Waals surface area contributed by atoms with Crippen LogP contribution in [0.3, 0.4) is 0 Å². The summed E-state index contributed by atoms with van der Waals surface area (Å²) in [6, 6.07) is 0. The van der Waals surface area contributed by atoms with E-state index in [-0.39, 0.29) is 29.1 Å². The summed E-state index contributed by atoms with van der Waals surface area (Å²) in [6.07, 6.45) is 0. The monoisotopic (exact) mass is 197 g/mol. The van der Waals surface area contributed by atoms with E-state index in [0.29, 0.717) is 0 Å². The first kappa shape index (κ1) is 12.1. The molecule has 0 aliphatic heterocycles. The fourth-order valence-corrected chi connectivity index (χ4v) is 0.579. The Morgan fingerprint density at radius 2 is 2.00 bits per heavy atom. The van der Waals surface area contributed by atoms with Crippen LogP contribution in [0.2, 0.25) is 0 Å². The zero-order valence-electron chi connectivity index (χ0n) is 4.88. The number of sulfonamides is 1. The average Bonchev–Trinajstić information content (AvgIpc) is 1.59. The zero-order chi connectivity index (χ0) is 6.62. The predicted octanol–water partition coefficient (Wildman–Crippen LogP) is 0.0123. The van der Waals surface area contributed by atoms with E-state index in [1.807, 2.05) is 0 Å². The van der Waals surface area contributed by atoms with E-state index < -0.39 is 10.0 Å². The molecule has 0 atom stereocenters. The van der Waals surface area contributed by atoms with Gasteiger partial charge in [-0.2, -0.15) is 0 Å². The van der Waals surface area contributed by atoms with Gasteiger partial charge >= 0.3 is 0 Å². The summed E-state index contributed by atoms with van der Waals surface area (Å²) in [4.78, 5) is 0. The Balaban J connectivity index is 0. The van der Waals surface area contributed by atoms with E-state index in [0.717, 1.165) is 0 Å². The fraction of sp³-hybridized carbons (Fsp3) is 1.00. The molecule has 0 heterocycles.